The molecule has 0 aliphatic heterocycles. The largest absolute Gasteiger partial charge is 0.241 e. The van der Waals surface area contributed by atoms with Gasteiger partial charge in [0, 0.05) is 15.0 Å². The van der Waals surface area contributed by atoms with E-state index in [0.29, 0.717) is 9.37 Å². The molecule has 106 valence electrons. The van der Waals surface area contributed by atoms with Crippen molar-refractivity contribution in [1.82, 2.24) is 4.72 Å². The first kappa shape index (κ1) is 15.5. The summed E-state index contributed by atoms with van der Waals surface area (Å²) in [5.74, 6) is 0. The zero-order valence-electron chi connectivity index (χ0n) is 10.7. The van der Waals surface area contributed by atoms with Gasteiger partial charge in [0.1, 0.15) is 0 Å². The van der Waals surface area contributed by atoms with Crippen molar-refractivity contribution in [2.24, 2.45) is 0 Å². The van der Waals surface area contributed by atoms with Crippen LogP contribution in [0.3, 0.4) is 0 Å². The Balaban J connectivity index is 2.26. The van der Waals surface area contributed by atoms with E-state index in [4.69, 9.17) is 0 Å². The van der Waals surface area contributed by atoms with E-state index in [1.165, 1.54) is 6.42 Å². The molecule has 0 saturated heterocycles. The summed E-state index contributed by atoms with van der Waals surface area (Å²) in [6, 6.07) is 3.55. The Hall–Kier alpha value is 0.0900. The average molecular weight is 411 g/mol. The summed E-state index contributed by atoms with van der Waals surface area (Å²) in [4.78, 5) is 0.318. The summed E-state index contributed by atoms with van der Waals surface area (Å²) in [7, 11) is -3.45. The molecule has 19 heavy (non-hydrogen) atoms. The van der Waals surface area contributed by atoms with Crippen molar-refractivity contribution in [3.05, 3.63) is 26.6 Å². The minimum absolute atomic E-state index is 0.0783. The lowest BCUT2D eigenvalue weighted by Gasteiger charge is -2.23. The van der Waals surface area contributed by atoms with Crippen molar-refractivity contribution in [2.45, 2.75) is 50.0 Å². The maximum absolute atomic E-state index is 12.4. The number of rotatable bonds is 3. The van der Waals surface area contributed by atoms with Crippen molar-refractivity contribution in [2.75, 3.05) is 0 Å². The zero-order valence-corrected chi connectivity index (χ0v) is 14.7. The summed E-state index contributed by atoms with van der Waals surface area (Å²) >= 11 is 6.73. The molecule has 0 bridgehead atoms. The van der Waals surface area contributed by atoms with Gasteiger partial charge in [-0.1, -0.05) is 35.2 Å². The number of halogens is 2. The molecular weight excluding hydrogens is 394 g/mol. The predicted molar refractivity (Wildman–Crippen MR) is 83.8 cm³/mol. The van der Waals surface area contributed by atoms with Gasteiger partial charge >= 0.3 is 0 Å². The molecular formula is C13H17Br2NO2S. The third kappa shape index (κ3) is 3.80. The fourth-order valence-electron chi connectivity index (χ4n) is 2.34. The molecule has 2 rings (SSSR count). The molecule has 0 spiro atoms. The molecule has 6 heteroatoms. The van der Waals surface area contributed by atoms with E-state index in [1.807, 2.05) is 6.92 Å². The molecule has 0 radical (unpaired) electrons. The topological polar surface area (TPSA) is 46.2 Å². The van der Waals surface area contributed by atoms with Crippen LogP contribution in [0, 0.1) is 6.92 Å². The van der Waals surface area contributed by atoms with Crippen LogP contribution in [-0.4, -0.2) is 14.5 Å². The Bertz CT molecular complexity index is 566. The van der Waals surface area contributed by atoms with Crippen molar-refractivity contribution in [1.29, 1.82) is 0 Å². The van der Waals surface area contributed by atoms with E-state index in [0.717, 1.165) is 35.7 Å². The average Bonchev–Trinajstić information content (AvgIpc) is 2.34. The first-order chi connectivity index (χ1) is 8.90. The Morgan fingerprint density at radius 2 is 1.74 bits per heavy atom. The first-order valence-electron chi connectivity index (χ1n) is 6.38. The van der Waals surface area contributed by atoms with E-state index in [9.17, 15) is 8.42 Å². The highest BCUT2D eigenvalue weighted by molar-refractivity contribution is 9.11. The molecule has 0 aromatic heterocycles. The summed E-state index contributed by atoms with van der Waals surface area (Å²) < 4.78 is 29.2. The molecule has 0 heterocycles. The SMILES string of the molecule is Cc1cc(S(=O)(=O)NC2CCCCC2)c(Br)cc1Br. The number of hydrogen-bond acceptors (Lipinski definition) is 2. The van der Waals surface area contributed by atoms with Crippen molar-refractivity contribution >= 4 is 41.9 Å². The summed E-state index contributed by atoms with van der Waals surface area (Å²) in [6.45, 7) is 1.89. The van der Waals surface area contributed by atoms with Gasteiger partial charge in [-0.05, 0) is 53.4 Å². The van der Waals surface area contributed by atoms with Crippen LogP contribution in [0.15, 0.2) is 26.0 Å². The normalized spacial score (nSPS) is 17.6. The lowest BCUT2D eigenvalue weighted by atomic mass is 9.96. The highest BCUT2D eigenvalue weighted by Crippen LogP contribution is 2.29. The first-order valence-corrected chi connectivity index (χ1v) is 9.45. The number of sulfonamides is 1. The standard InChI is InChI=1S/C13H17Br2NO2S/c1-9-7-13(12(15)8-11(9)14)19(17,18)16-10-5-3-2-4-6-10/h7-8,10,16H,2-6H2,1H3. The Morgan fingerprint density at radius 3 is 2.37 bits per heavy atom. The van der Waals surface area contributed by atoms with Crippen molar-refractivity contribution in [3.8, 4) is 0 Å². The molecule has 0 unspecified atom stereocenters. The number of nitrogens with one attached hydrogen (secondary N) is 1. The molecule has 1 saturated carbocycles. The monoisotopic (exact) mass is 409 g/mol. The number of benzene rings is 1. The fraction of sp³-hybridized carbons (Fsp3) is 0.538. The third-order valence-electron chi connectivity index (χ3n) is 3.43. The van der Waals surface area contributed by atoms with E-state index < -0.39 is 10.0 Å². The smallest absolute Gasteiger partial charge is 0.208 e. The minimum Gasteiger partial charge on any atom is -0.208 e. The van der Waals surface area contributed by atoms with E-state index in [2.05, 4.69) is 36.6 Å². The molecule has 3 nitrogen and oxygen atoms in total. The van der Waals surface area contributed by atoms with Gasteiger partial charge in [-0.25, -0.2) is 13.1 Å². The molecule has 1 aromatic carbocycles. The predicted octanol–water partition coefficient (Wildman–Crippen LogP) is 4.13. The van der Waals surface area contributed by atoms with E-state index in [1.54, 1.807) is 12.1 Å². The quantitative estimate of drug-likeness (QED) is 0.813. The highest BCUT2D eigenvalue weighted by Gasteiger charge is 2.24. The van der Waals surface area contributed by atoms with Crippen LogP contribution in [0.2, 0.25) is 0 Å². The molecule has 1 aromatic rings. The molecule has 1 aliphatic rings. The van der Waals surface area contributed by atoms with E-state index in [-0.39, 0.29) is 6.04 Å². The van der Waals surface area contributed by atoms with Crippen molar-refractivity contribution < 1.29 is 8.42 Å². The molecule has 1 N–H and O–H groups in total. The van der Waals surface area contributed by atoms with Gasteiger partial charge in [0.15, 0.2) is 0 Å². The van der Waals surface area contributed by atoms with Gasteiger partial charge in [-0.3, -0.25) is 0 Å². The molecule has 0 amide bonds. The molecule has 1 aliphatic carbocycles. The third-order valence-corrected chi connectivity index (χ3v) is 6.76. The zero-order chi connectivity index (χ0) is 14.0. The molecule has 1 fully saturated rings. The van der Waals surface area contributed by atoms with Crippen LogP contribution < -0.4 is 4.72 Å². The van der Waals surface area contributed by atoms with Crippen LogP contribution in [0.1, 0.15) is 37.7 Å². The van der Waals surface area contributed by atoms with Gasteiger partial charge in [0.05, 0.1) is 4.90 Å². The number of hydrogen-bond donors (Lipinski definition) is 1. The second kappa shape index (κ2) is 6.24. The Kier molecular flexibility index (Phi) is 5.09. The maximum Gasteiger partial charge on any atom is 0.241 e. The summed E-state index contributed by atoms with van der Waals surface area (Å²) in [5, 5.41) is 0. The van der Waals surface area contributed by atoms with Gasteiger partial charge in [-0.15, -0.1) is 0 Å². The van der Waals surface area contributed by atoms with Crippen LogP contribution in [0.5, 0.6) is 0 Å². The number of aryl methyl sites for hydroxylation is 1. The second-order valence-corrected chi connectivity index (χ2v) is 8.38. The van der Waals surface area contributed by atoms with Gasteiger partial charge in [0.2, 0.25) is 10.0 Å². The summed E-state index contributed by atoms with van der Waals surface area (Å²) in [6.07, 6.45) is 5.29. The Labute approximate surface area is 131 Å². The lowest BCUT2D eigenvalue weighted by molar-refractivity contribution is 0.412. The van der Waals surface area contributed by atoms with Gasteiger partial charge in [0.25, 0.3) is 0 Å². The van der Waals surface area contributed by atoms with Crippen LogP contribution >= 0.6 is 31.9 Å². The Morgan fingerprint density at radius 1 is 1.11 bits per heavy atom. The van der Waals surface area contributed by atoms with E-state index >= 15 is 0 Å². The van der Waals surface area contributed by atoms with Crippen molar-refractivity contribution in [3.63, 3.8) is 0 Å². The summed E-state index contributed by atoms with van der Waals surface area (Å²) in [5.41, 5.74) is 0.909. The fourth-order valence-corrected chi connectivity index (χ4v) is 5.42. The van der Waals surface area contributed by atoms with Crippen LogP contribution in [0.4, 0.5) is 0 Å². The molecule has 0 atom stereocenters. The van der Waals surface area contributed by atoms with Gasteiger partial charge in [-0.2, -0.15) is 0 Å². The lowest BCUT2D eigenvalue weighted by Crippen LogP contribution is -2.36. The van der Waals surface area contributed by atoms with Crippen LogP contribution in [-0.2, 0) is 10.0 Å². The maximum atomic E-state index is 12.4. The van der Waals surface area contributed by atoms with Gasteiger partial charge < -0.3 is 0 Å². The highest BCUT2D eigenvalue weighted by atomic mass is 79.9. The second-order valence-electron chi connectivity index (χ2n) is 4.99. The minimum atomic E-state index is -3.45. The van der Waals surface area contributed by atoms with Crippen LogP contribution in [0.25, 0.3) is 0 Å².